The van der Waals surface area contributed by atoms with Crippen molar-refractivity contribution in [2.75, 3.05) is 0 Å². The van der Waals surface area contributed by atoms with Crippen molar-refractivity contribution in [2.45, 2.75) is 51.1 Å². The fraction of sp³-hybridized carbons (Fsp3) is 0.529. The maximum absolute atomic E-state index is 13.4. The molecule has 4 nitrogen and oxygen atoms in total. The van der Waals surface area contributed by atoms with E-state index in [0.29, 0.717) is 23.3 Å². The van der Waals surface area contributed by atoms with Crippen LogP contribution in [0.3, 0.4) is 0 Å². The van der Waals surface area contributed by atoms with Crippen molar-refractivity contribution < 1.29 is 8.91 Å². The first-order valence-electron chi connectivity index (χ1n) is 8.07. The molecule has 2 fully saturated rings. The molecule has 0 amide bonds. The fourth-order valence-electron chi connectivity index (χ4n) is 3.79. The van der Waals surface area contributed by atoms with Gasteiger partial charge in [0.2, 0.25) is 11.7 Å². The van der Waals surface area contributed by atoms with Gasteiger partial charge in [-0.2, -0.15) is 4.98 Å². The number of benzene rings is 1. The molecule has 2 heterocycles. The molecule has 2 aromatic rings. The normalized spacial score (nSPS) is 27.8. The second-order valence-electron chi connectivity index (χ2n) is 6.53. The molecule has 1 aromatic heterocycles. The lowest BCUT2D eigenvalue weighted by molar-refractivity contribution is 0.324. The van der Waals surface area contributed by atoms with Crippen molar-refractivity contribution in [1.29, 1.82) is 0 Å². The van der Waals surface area contributed by atoms with Crippen LogP contribution in [0.2, 0.25) is 0 Å². The number of hydrogen-bond donors (Lipinski definition) is 1. The first kappa shape index (κ1) is 13.9. The molecule has 3 unspecified atom stereocenters. The molecule has 1 N–H and O–H groups in total. The number of halogens is 1. The average Bonchev–Trinajstić information content (AvgIpc) is 3.15. The summed E-state index contributed by atoms with van der Waals surface area (Å²) < 4.78 is 18.8. The van der Waals surface area contributed by atoms with Gasteiger partial charge in [0.05, 0.1) is 6.04 Å². The Morgan fingerprint density at radius 3 is 2.95 bits per heavy atom. The maximum Gasteiger partial charge on any atom is 0.244 e. The first-order chi connectivity index (χ1) is 10.7. The topological polar surface area (TPSA) is 51.0 Å². The quantitative estimate of drug-likeness (QED) is 0.917. The molecule has 116 valence electrons. The van der Waals surface area contributed by atoms with Gasteiger partial charge in [0.1, 0.15) is 5.82 Å². The summed E-state index contributed by atoms with van der Waals surface area (Å²) >= 11 is 0. The van der Waals surface area contributed by atoms with E-state index >= 15 is 0 Å². The molecule has 1 saturated carbocycles. The lowest BCUT2D eigenvalue weighted by Crippen LogP contribution is -2.30. The molecule has 0 spiro atoms. The zero-order valence-corrected chi connectivity index (χ0v) is 12.7. The molecule has 0 bridgehead atoms. The largest absolute Gasteiger partial charge is 0.337 e. The average molecular weight is 301 g/mol. The van der Waals surface area contributed by atoms with Crippen LogP contribution in [-0.2, 0) is 0 Å². The highest BCUT2D eigenvalue weighted by molar-refractivity contribution is 5.55. The molecule has 22 heavy (non-hydrogen) atoms. The van der Waals surface area contributed by atoms with Crippen LogP contribution < -0.4 is 5.32 Å². The maximum atomic E-state index is 13.4. The molecule has 0 radical (unpaired) electrons. The molecular formula is C17H20FN3O. The summed E-state index contributed by atoms with van der Waals surface area (Å²) in [6, 6.07) is 5.66. The number of aryl methyl sites for hydroxylation is 1. The highest BCUT2D eigenvalue weighted by atomic mass is 19.1. The van der Waals surface area contributed by atoms with E-state index in [9.17, 15) is 4.39 Å². The van der Waals surface area contributed by atoms with E-state index in [1.165, 1.54) is 31.7 Å². The zero-order chi connectivity index (χ0) is 15.1. The first-order valence-corrected chi connectivity index (χ1v) is 8.07. The number of hydrogen-bond acceptors (Lipinski definition) is 4. The van der Waals surface area contributed by atoms with Gasteiger partial charge in [-0.15, -0.1) is 0 Å². The molecule has 5 heteroatoms. The SMILES string of the molecule is Cc1cc(-c2noc(C3CC4CCCCC4N3)n2)ccc1F. The molecule has 1 saturated heterocycles. The second kappa shape index (κ2) is 5.47. The minimum atomic E-state index is -0.214. The van der Waals surface area contributed by atoms with Crippen molar-refractivity contribution in [3.8, 4) is 11.4 Å². The van der Waals surface area contributed by atoms with E-state index in [-0.39, 0.29) is 11.9 Å². The monoisotopic (exact) mass is 301 g/mol. The van der Waals surface area contributed by atoms with Gasteiger partial charge in [-0.1, -0.05) is 18.0 Å². The van der Waals surface area contributed by atoms with Gasteiger partial charge < -0.3 is 9.84 Å². The molecule has 3 atom stereocenters. The minimum Gasteiger partial charge on any atom is -0.337 e. The van der Waals surface area contributed by atoms with E-state index in [4.69, 9.17) is 4.52 Å². The van der Waals surface area contributed by atoms with Crippen LogP contribution >= 0.6 is 0 Å². The molecule has 2 aliphatic rings. The van der Waals surface area contributed by atoms with E-state index in [0.717, 1.165) is 17.9 Å². The van der Waals surface area contributed by atoms with Crippen LogP contribution in [0.1, 0.15) is 49.6 Å². The third-order valence-electron chi connectivity index (χ3n) is 5.02. The number of fused-ring (bicyclic) bond motifs is 1. The van der Waals surface area contributed by atoms with Crippen LogP contribution in [-0.4, -0.2) is 16.2 Å². The molecule has 1 aromatic carbocycles. The number of rotatable bonds is 2. The molecule has 1 aliphatic carbocycles. The summed E-state index contributed by atoms with van der Waals surface area (Å²) in [4.78, 5) is 4.53. The Morgan fingerprint density at radius 2 is 2.14 bits per heavy atom. The van der Waals surface area contributed by atoms with Crippen molar-refractivity contribution in [3.05, 3.63) is 35.5 Å². The third kappa shape index (κ3) is 2.43. The number of nitrogens with zero attached hydrogens (tertiary/aromatic N) is 2. The lowest BCUT2D eigenvalue weighted by atomic mass is 9.85. The summed E-state index contributed by atoms with van der Waals surface area (Å²) in [6.07, 6.45) is 6.27. The van der Waals surface area contributed by atoms with Crippen LogP contribution in [0.5, 0.6) is 0 Å². The second-order valence-corrected chi connectivity index (χ2v) is 6.53. The van der Waals surface area contributed by atoms with E-state index in [2.05, 4.69) is 15.5 Å². The Hall–Kier alpha value is -1.75. The Balaban J connectivity index is 1.55. The minimum absolute atomic E-state index is 0.163. The smallest absolute Gasteiger partial charge is 0.244 e. The predicted octanol–water partition coefficient (Wildman–Crippen LogP) is 3.78. The Bertz CT molecular complexity index is 670. The summed E-state index contributed by atoms with van der Waals surface area (Å²) in [5, 5.41) is 7.71. The van der Waals surface area contributed by atoms with Gasteiger partial charge in [0.25, 0.3) is 0 Å². The highest BCUT2D eigenvalue weighted by Gasteiger charge is 2.38. The number of nitrogens with one attached hydrogen (secondary N) is 1. The van der Waals surface area contributed by atoms with Crippen LogP contribution in [0.25, 0.3) is 11.4 Å². The van der Waals surface area contributed by atoms with Gasteiger partial charge in [-0.3, -0.25) is 0 Å². The summed E-state index contributed by atoms with van der Waals surface area (Å²) in [7, 11) is 0. The highest BCUT2D eigenvalue weighted by Crippen LogP contribution is 2.38. The van der Waals surface area contributed by atoms with Crippen LogP contribution in [0.4, 0.5) is 4.39 Å². The Labute approximate surface area is 129 Å². The summed E-state index contributed by atoms with van der Waals surface area (Å²) in [6.45, 7) is 1.74. The lowest BCUT2D eigenvalue weighted by Gasteiger charge is -2.24. The standard InChI is InChI=1S/C17H20FN3O/c1-10-8-12(6-7-13(10)18)16-20-17(22-21-16)15-9-11-4-2-3-5-14(11)19-15/h6-8,11,14-15,19H,2-5,9H2,1H3. The molecule has 4 rings (SSSR count). The van der Waals surface area contributed by atoms with Crippen molar-refractivity contribution in [1.82, 2.24) is 15.5 Å². The predicted molar refractivity (Wildman–Crippen MR) is 80.7 cm³/mol. The van der Waals surface area contributed by atoms with E-state index in [1.807, 2.05) is 0 Å². The summed E-state index contributed by atoms with van der Waals surface area (Å²) in [5.74, 6) is 1.72. The van der Waals surface area contributed by atoms with Gasteiger partial charge in [-0.25, -0.2) is 4.39 Å². The molecule has 1 aliphatic heterocycles. The van der Waals surface area contributed by atoms with Gasteiger partial charge >= 0.3 is 0 Å². The van der Waals surface area contributed by atoms with Crippen molar-refractivity contribution in [2.24, 2.45) is 5.92 Å². The molecular weight excluding hydrogens is 281 g/mol. The zero-order valence-electron chi connectivity index (χ0n) is 12.7. The third-order valence-corrected chi connectivity index (χ3v) is 5.02. The van der Waals surface area contributed by atoms with E-state index in [1.54, 1.807) is 19.1 Å². The van der Waals surface area contributed by atoms with Crippen molar-refractivity contribution in [3.63, 3.8) is 0 Å². The van der Waals surface area contributed by atoms with Crippen molar-refractivity contribution >= 4 is 0 Å². The van der Waals surface area contributed by atoms with Crippen LogP contribution in [0.15, 0.2) is 22.7 Å². The van der Waals surface area contributed by atoms with E-state index < -0.39 is 0 Å². The Kier molecular flexibility index (Phi) is 3.45. The van der Waals surface area contributed by atoms with Gasteiger partial charge in [-0.05, 0) is 55.9 Å². The fourth-order valence-corrected chi connectivity index (χ4v) is 3.79. The summed E-state index contributed by atoms with van der Waals surface area (Å²) in [5.41, 5.74) is 1.39. The number of aromatic nitrogens is 2. The van der Waals surface area contributed by atoms with Crippen LogP contribution in [0, 0.1) is 18.7 Å². The Morgan fingerprint density at radius 1 is 1.27 bits per heavy atom. The van der Waals surface area contributed by atoms with Gasteiger partial charge in [0, 0.05) is 11.6 Å². The van der Waals surface area contributed by atoms with Gasteiger partial charge in [0.15, 0.2) is 0 Å².